The zero-order valence-electron chi connectivity index (χ0n) is 19.8. The first kappa shape index (κ1) is 25.4. The third-order valence-corrected chi connectivity index (χ3v) is 6.08. The van der Waals surface area contributed by atoms with E-state index in [0.717, 1.165) is 17.8 Å². The molecule has 10 heteroatoms. The first-order chi connectivity index (χ1) is 16.2. The molecule has 3 rings (SSSR count). The largest absolute Gasteiger partial charge is 0.444 e. The van der Waals surface area contributed by atoms with E-state index in [2.05, 4.69) is 15.8 Å². The van der Waals surface area contributed by atoms with Gasteiger partial charge in [0.25, 0.3) is 11.8 Å². The van der Waals surface area contributed by atoms with Crippen molar-refractivity contribution in [3.8, 4) is 0 Å². The second kappa shape index (κ2) is 11.3. The van der Waals surface area contributed by atoms with Gasteiger partial charge in [0.1, 0.15) is 11.3 Å². The van der Waals surface area contributed by atoms with Crippen LogP contribution in [0, 0.1) is 0 Å². The molecule has 0 unspecified atom stereocenters. The van der Waals surface area contributed by atoms with Crippen molar-refractivity contribution in [2.45, 2.75) is 45.1 Å². The molecule has 0 spiro atoms. The van der Waals surface area contributed by atoms with Crippen LogP contribution in [0.4, 0.5) is 4.79 Å². The highest BCUT2D eigenvalue weighted by Gasteiger charge is 2.28. The Balaban J connectivity index is 1.67. The molecule has 0 saturated carbocycles. The fourth-order valence-corrected chi connectivity index (χ4v) is 4.38. The summed E-state index contributed by atoms with van der Waals surface area (Å²) in [7, 11) is 1.32. The van der Waals surface area contributed by atoms with Crippen LogP contribution >= 0.6 is 11.3 Å². The van der Waals surface area contributed by atoms with Crippen molar-refractivity contribution in [1.29, 1.82) is 0 Å². The van der Waals surface area contributed by atoms with Gasteiger partial charge in [-0.15, -0.1) is 11.3 Å². The normalized spacial score (nSPS) is 15.1. The number of amides is 3. The number of nitrogens with zero attached hydrogens (tertiary/aromatic N) is 2. The number of hydrogen-bond donors (Lipinski definition) is 2. The van der Waals surface area contributed by atoms with E-state index in [4.69, 9.17) is 9.57 Å². The van der Waals surface area contributed by atoms with Gasteiger partial charge in [-0.05, 0) is 51.8 Å². The Labute approximate surface area is 203 Å². The molecule has 0 aliphatic carbocycles. The van der Waals surface area contributed by atoms with Crippen LogP contribution < -0.4 is 10.8 Å². The van der Waals surface area contributed by atoms with Gasteiger partial charge in [-0.2, -0.15) is 0 Å². The number of carbonyl (C=O) groups excluding carboxylic acids is 3. The topological polar surface area (TPSA) is 110 Å². The summed E-state index contributed by atoms with van der Waals surface area (Å²) in [5.41, 5.74) is 2.71. The smallest absolute Gasteiger partial charge is 0.410 e. The van der Waals surface area contributed by atoms with Crippen molar-refractivity contribution >= 4 is 35.3 Å². The van der Waals surface area contributed by atoms with Gasteiger partial charge in [-0.3, -0.25) is 14.4 Å². The summed E-state index contributed by atoms with van der Waals surface area (Å²) in [6, 6.07) is 8.61. The number of likely N-dealkylation sites (tertiary alicyclic amines) is 1. The quantitative estimate of drug-likeness (QED) is 0.476. The molecule has 1 aliphatic rings. The zero-order chi connectivity index (χ0) is 24.7. The number of hydrogen-bond acceptors (Lipinski definition) is 7. The Kier molecular flexibility index (Phi) is 8.41. The summed E-state index contributed by atoms with van der Waals surface area (Å²) < 4.78 is 5.46. The standard InChI is InChI=1S/C24H30N4O5S/c1-24(2,3)33-23(31)28-12-10-17(11-13-28)22-25-18(15-34-22)14-19(21(30)27-32-4)26-20(29)16-8-6-5-7-9-16/h5-9,14-15,17H,10-13H2,1-4H3,(H,26,29)(H,27,30)/b19-14-. The molecular formula is C24H30N4O5S. The molecule has 3 amide bonds. The summed E-state index contributed by atoms with van der Waals surface area (Å²) in [6.45, 7) is 6.75. The minimum atomic E-state index is -0.591. The monoisotopic (exact) mass is 486 g/mol. The number of hydroxylamine groups is 1. The second-order valence-corrected chi connectivity index (χ2v) is 9.76. The highest BCUT2D eigenvalue weighted by Crippen LogP contribution is 2.31. The van der Waals surface area contributed by atoms with Crippen LogP contribution in [0.25, 0.3) is 6.08 Å². The molecule has 1 saturated heterocycles. The predicted molar refractivity (Wildman–Crippen MR) is 129 cm³/mol. The van der Waals surface area contributed by atoms with Crippen LogP contribution in [-0.2, 0) is 14.4 Å². The fourth-order valence-electron chi connectivity index (χ4n) is 3.43. The van der Waals surface area contributed by atoms with Gasteiger partial charge in [0, 0.05) is 30.0 Å². The summed E-state index contributed by atoms with van der Waals surface area (Å²) in [4.78, 5) is 48.4. The van der Waals surface area contributed by atoms with E-state index in [9.17, 15) is 14.4 Å². The molecule has 2 N–H and O–H groups in total. The second-order valence-electron chi connectivity index (χ2n) is 8.87. The number of rotatable bonds is 6. The Hall–Kier alpha value is -3.24. The van der Waals surface area contributed by atoms with E-state index in [1.165, 1.54) is 24.5 Å². The molecule has 2 heterocycles. The van der Waals surface area contributed by atoms with Crippen molar-refractivity contribution in [2.75, 3.05) is 20.2 Å². The Morgan fingerprint density at radius 3 is 2.44 bits per heavy atom. The maximum atomic E-state index is 12.5. The molecule has 0 radical (unpaired) electrons. The Morgan fingerprint density at radius 2 is 1.82 bits per heavy atom. The maximum absolute atomic E-state index is 12.5. The molecule has 2 aromatic rings. The predicted octanol–water partition coefficient (Wildman–Crippen LogP) is 3.71. The third-order valence-electron chi connectivity index (χ3n) is 5.05. The van der Waals surface area contributed by atoms with Crippen LogP contribution in [0.3, 0.4) is 0 Å². The van der Waals surface area contributed by atoms with Crippen LogP contribution in [0.5, 0.6) is 0 Å². The van der Waals surface area contributed by atoms with Gasteiger partial charge < -0.3 is 15.0 Å². The van der Waals surface area contributed by atoms with E-state index in [0.29, 0.717) is 24.3 Å². The number of thiazole rings is 1. The molecule has 182 valence electrons. The Bertz CT molecular complexity index is 1040. The van der Waals surface area contributed by atoms with Crippen LogP contribution in [0.2, 0.25) is 0 Å². The summed E-state index contributed by atoms with van der Waals surface area (Å²) in [6.07, 6.45) is 2.78. The average Bonchev–Trinajstić information content (AvgIpc) is 3.27. The average molecular weight is 487 g/mol. The first-order valence-corrected chi connectivity index (χ1v) is 11.9. The van der Waals surface area contributed by atoms with E-state index in [-0.39, 0.29) is 17.7 Å². The minimum Gasteiger partial charge on any atom is -0.444 e. The van der Waals surface area contributed by atoms with Gasteiger partial charge in [0.2, 0.25) is 0 Å². The van der Waals surface area contributed by atoms with E-state index in [1.54, 1.807) is 35.2 Å². The lowest BCUT2D eigenvalue weighted by Gasteiger charge is -2.32. The molecule has 1 aromatic carbocycles. The minimum absolute atomic E-state index is 0.0206. The van der Waals surface area contributed by atoms with Crippen molar-refractivity contribution in [1.82, 2.24) is 20.7 Å². The number of carbonyl (C=O) groups is 3. The number of piperidine rings is 1. The number of nitrogens with one attached hydrogen (secondary N) is 2. The molecule has 1 aromatic heterocycles. The highest BCUT2D eigenvalue weighted by atomic mass is 32.1. The number of aromatic nitrogens is 1. The van der Waals surface area contributed by atoms with E-state index in [1.807, 2.05) is 26.2 Å². The van der Waals surface area contributed by atoms with Crippen LogP contribution in [-0.4, -0.2) is 53.6 Å². The lowest BCUT2D eigenvalue weighted by atomic mass is 9.98. The van der Waals surface area contributed by atoms with Gasteiger partial charge >= 0.3 is 6.09 Å². The Morgan fingerprint density at radius 1 is 1.15 bits per heavy atom. The highest BCUT2D eigenvalue weighted by molar-refractivity contribution is 7.09. The number of benzene rings is 1. The lowest BCUT2D eigenvalue weighted by Crippen LogP contribution is -2.41. The first-order valence-electron chi connectivity index (χ1n) is 11.0. The molecule has 1 aliphatic heterocycles. The van der Waals surface area contributed by atoms with Crippen molar-refractivity contribution < 1.29 is 24.0 Å². The lowest BCUT2D eigenvalue weighted by molar-refractivity contribution is -0.127. The molecule has 9 nitrogen and oxygen atoms in total. The maximum Gasteiger partial charge on any atom is 0.410 e. The van der Waals surface area contributed by atoms with E-state index < -0.39 is 17.4 Å². The zero-order valence-corrected chi connectivity index (χ0v) is 20.6. The van der Waals surface area contributed by atoms with Gasteiger partial charge in [-0.25, -0.2) is 15.3 Å². The molecule has 34 heavy (non-hydrogen) atoms. The van der Waals surface area contributed by atoms with Crippen molar-refractivity contribution in [3.05, 3.63) is 57.7 Å². The number of ether oxygens (including phenoxy) is 1. The SMILES string of the molecule is CONC(=O)/C(=C/c1csc(C2CCN(C(=O)OC(C)(C)C)CC2)n1)NC(=O)c1ccccc1. The van der Waals surface area contributed by atoms with Gasteiger partial charge in [-0.1, -0.05) is 18.2 Å². The molecular weight excluding hydrogens is 456 g/mol. The summed E-state index contributed by atoms with van der Waals surface area (Å²) in [5, 5.41) is 5.39. The molecule has 0 atom stereocenters. The van der Waals surface area contributed by atoms with E-state index >= 15 is 0 Å². The van der Waals surface area contributed by atoms with Gasteiger partial charge in [0.05, 0.1) is 17.8 Å². The molecule has 1 fully saturated rings. The van der Waals surface area contributed by atoms with Crippen LogP contribution in [0.15, 0.2) is 41.4 Å². The van der Waals surface area contributed by atoms with Gasteiger partial charge in [0.15, 0.2) is 0 Å². The third kappa shape index (κ3) is 7.13. The summed E-state index contributed by atoms with van der Waals surface area (Å²) in [5.74, 6) is -0.795. The van der Waals surface area contributed by atoms with Crippen molar-refractivity contribution in [3.63, 3.8) is 0 Å². The van der Waals surface area contributed by atoms with Crippen LogP contribution in [0.1, 0.15) is 60.6 Å². The molecule has 0 bridgehead atoms. The fraction of sp³-hybridized carbons (Fsp3) is 0.417. The van der Waals surface area contributed by atoms with Crippen molar-refractivity contribution in [2.24, 2.45) is 0 Å². The summed E-state index contributed by atoms with van der Waals surface area (Å²) >= 11 is 1.49.